The third-order valence-electron chi connectivity index (χ3n) is 3.49. The highest BCUT2D eigenvalue weighted by Crippen LogP contribution is 2.19. The Kier molecular flexibility index (Phi) is 5.38. The number of aryl methyl sites for hydroxylation is 1. The van der Waals surface area contributed by atoms with Gasteiger partial charge in [-0.3, -0.25) is 4.79 Å². The molecule has 2 aromatic carbocycles. The van der Waals surface area contributed by atoms with E-state index < -0.39 is 0 Å². The molecule has 0 saturated heterocycles. The van der Waals surface area contributed by atoms with Crippen LogP contribution in [0, 0.1) is 0 Å². The highest BCUT2D eigenvalue weighted by atomic mass is 16.5. The summed E-state index contributed by atoms with van der Waals surface area (Å²) in [5.41, 5.74) is 2.17. The van der Waals surface area contributed by atoms with Gasteiger partial charge in [0.2, 0.25) is 5.91 Å². The molecule has 2 aromatic rings. The van der Waals surface area contributed by atoms with Crippen LogP contribution >= 0.6 is 0 Å². The van der Waals surface area contributed by atoms with Crippen molar-refractivity contribution in [2.45, 2.75) is 25.8 Å². The maximum atomic E-state index is 12.0. The normalized spacial score (nSPS) is 11.7. The van der Waals surface area contributed by atoms with E-state index in [1.807, 2.05) is 61.5 Å². The van der Waals surface area contributed by atoms with Gasteiger partial charge in [-0.2, -0.15) is 0 Å². The second-order valence-corrected chi connectivity index (χ2v) is 5.01. The summed E-state index contributed by atoms with van der Waals surface area (Å²) in [6, 6.07) is 17.8. The molecule has 0 spiro atoms. The van der Waals surface area contributed by atoms with Crippen molar-refractivity contribution >= 4 is 5.91 Å². The van der Waals surface area contributed by atoms with Crippen LogP contribution < -0.4 is 10.1 Å². The number of amides is 1. The largest absolute Gasteiger partial charge is 0.496 e. The van der Waals surface area contributed by atoms with Crippen molar-refractivity contribution < 1.29 is 9.53 Å². The number of carbonyl (C=O) groups is 1. The maximum Gasteiger partial charge on any atom is 0.220 e. The van der Waals surface area contributed by atoms with Crippen molar-refractivity contribution in [1.82, 2.24) is 5.32 Å². The fourth-order valence-electron chi connectivity index (χ4n) is 2.30. The molecular weight excluding hydrogens is 262 g/mol. The molecule has 0 bridgehead atoms. The van der Waals surface area contributed by atoms with E-state index in [9.17, 15) is 4.79 Å². The van der Waals surface area contributed by atoms with Crippen LogP contribution in [-0.2, 0) is 11.2 Å². The predicted molar refractivity (Wildman–Crippen MR) is 84.3 cm³/mol. The highest BCUT2D eigenvalue weighted by Gasteiger charge is 2.10. The van der Waals surface area contributed by atoms with Crippen LogP contribution in [0.4, 0.5) is 0 Å². The molecule has 110 valence electrons. The minimum absolute atomic E-state index is 0.0244. The van der Waals surface area contributed by atoms with E-state index in [0.29, 0.717) is 12.8 Å². The van der Waals surface area contributed by atoms with E-state index in [1.54, 1.807) is 7.11 Å². The van der Waals surface area contributed by atoms with Crippen molar-refractivity contribution in [3.05, 3.63) is 65.7 Å². The first-order valence-corrected chi connectivity index (χ1v) is 7.17. The Morgan fingerprint density at radius 3 is 2.48 bits per heavy atom. The molecular formula is C18H21NO2. The fraction of sp³-hybridized carbons (Fsp3) is 0.278. The lowest BCUT2D eigenvalue weighted by molar-refractivity contribution is -0.121. The summed E-state index contributed by atoms with van der Waals surface area (Å²) < 4.78 is 5.30. The molecule has 0 aliphatic carbocycles. The number of para-hydroxylation sites is 1. The van der Waals surface area contributed by atoms with Gasteiger partial charge in [0.1, 0.15) is 5.75 Å². The van der Waals surface area contributed by atoms with E-state index in [-0.39, 0.29) is 11.9 Å². The summed E-state index contributed by atoms with van der Waals surface area (Å²) in [4.78, 5) is 12.0. The number of benzene rings is 2. The molecule has 0 saturated carbocycles. The zero-order valence-electron chi connectivity index (χ0n) is 12.5. The first kappa shape index (κ1) is 15.1. The lowest BCUT2D eigenvalue weighted by Crippen LogP contribution is -2.26. The number of hydrogen-bond acceptors (Lipinski definition) is 2. The number of ether oxygens (including phenoxy) is 1. The van der Waals surface area contributed by atoms with Crippen LogP contribution in [0.5, 0.6) is 5.75 Å². The van der Waals surface area contributed by atoms with Crippen LogP contribution in [0.1, 0.15) is 30.5 Å². The lowest BCUT2D eigenvalue weighted by Gasteiger charge is -2.14. The summed E-state index contributed by atoms with van der Waals surface area (Å²) in [5.74, 6) is 0.888. The Morgan fingerprint density at radius 1 is 1.10 bits per heavy atom. The molecule has 1 atom stereocenters. The second kappa shape index (κ2) is 7.48. The van der Waals surface area contributed by atoms with Gasteiger partial charge >= 0.3 is 0 Å². The van der Waals surface area contributed by atoms with Gasteiger partial charge in [-0.1, -0.05) is 48.5 Å². The molecule has 0 radical (unpaired) electrons. The average molecular weight is 283 g/mol. The molecule has 1 N–H and O–H groups in total. The Labute approximate surface area is 126 Å². The molecule has 0 unspecified atom stereocenters. The van der Waals surface area contributed by atoms with Crippen molar-refractivity contribution in [2.24, 2.45) is 0 Å². The third-order valence-corrected chi connectivity index (χ3v) is 3.49. The van der Waals surface area contributed by atoms with Crippen LogP contribution in [-0.4, -0.2) is 13.0 Å². The number of hydrogen-bond donors (Lipinski definition) is 1. The molecule has 21 heavy (non-hydrogen) atoms. The second-order valence-electron chi connectivity index (χ2n) is 5.01. The zero-order valence-corrected chi connectivity index (χ0v) is 12.5. The average Bonchev–Trinajstić information content (AvgIpc) is 2.54. The minimum Gasteiger partial charge on any atom is -0.496 e. The molecule has 1 amide bonds. The van der Waals surface area contributed by atoms with Crippen LogP contribution in [0.25, 0.3) is 0 Å². The third kappa shape index (κ3) is 4.35. The van der Waals surface area contributed by atoms with Gasteiger partial charge in [0.25, 0.3) is 0 Å². The Bertz CT molecular complexity index is 581. The summed E-state index contributed by atoms with van der Waals surface area (Å²) in [6.45, 7) is 2.00. The molecule has 3 nitrogen and oxygen atoms in total. The van der Waals surface area contributed by atoms with E-state index in [0.717, 1.165) is 16.9 Å². The Hall–Kier alpha value is -2.29. The molecule has 0 aliphatic rings. The van der Waals surface area contributed by atoms with Gasteiger partial charge in [-0.25, -0.2) is 0 Å². The van der Waals surface area contributed by atoms with Gasteiger partial charge in [0.15, 0.2) is 0 Å². The quantitative estimate of drug-likeness (QED) is 0.881. The fourth-order valence-corrected chi connectivity index (χ4v) is 2.30. The van der Waals surface area contributed by atoms with Crippen molar-refractivity contribution in [1.29, 1.82) is 0 Å². The number of methoxy groups -OCH3 is 1. The van der Waals surface area contributed by atoms with Crippen LogP contribution in [0.15, 0.2) is 54.6 Å². The summed E-state index contributed by atoms with van der Waals surface area (Å²) in [5, 5.41) is 3.02. The topological polar surface area (TPSA) is 38.3 Å². The lowest BCUT2D eigenvalue weighted by atomic mass is 10.1. The van der Waals surface area contributed by atoms with Gasteiger partial charge < -0.3 is 10.1 Å². The van der Waals surface area contributed by atoms with Gasteiger partial charge in [-0.15, -0.1) is 0 Å². The number of rotatable bonds is 6. The highest BCUT2D eigenvalue weighted by molar-refractivity contribution is 5.76. The number of carbonyl (C=O) groups excluding carboxylic acids is 1. The van der Waals surface area contributed by atoms with Gasteiger partial charge in [-0.05, 0) is 30.5 Å². The van der Waals surface area contributed by atoms with Crippen molar-refractivity contribution in [3.8, 4) is 5.75 Å². The van der Waals surface area contributed by atoms with Gasteiger partial charge in [0, 0.05) is 6.42 Å². The first-order chi connectivity index (χ1) is 10.2. The Balaban J connectivity index is 1.88. The SMILES string of the molecule is COc1ccccc1CCC(=O)N[C@@H](C)c1ccccc1. The van der Waals surface area contributed by atoms with E-state index in [2.05, 4.69) is 5.32 Å². The van der Waals surface area contributed by atoms with E-state index >= 15 is 0 Å². The molecule has 0 heterocycles. The molecule has 0 aromatic heterocycles. The molecule has 0 aliphatic heterocycles. The minimum atomic E-state index is 0.0244. The number of nitrogens with one attached hydrogen (secondary N) is 1. The first-order valence-electron chi connectivity index (χ1n) is 7.17. The summed E-state index contributed by atoms with van der Waals surface area (Å²) >= 11 is 0. The van der Waals surface area contributed by atoms with Crippen LogP contribution in [0.3, 0.4) is 0 Å². The van der Waals surface area contributed by atoms with Crippen LogP contribution in [0.2, 0.25) is 0 Å². The molecule has 3 heteroatoms. The van der Waals surface area contributed by atoms with E-state index in [1.165, 1.54) is 0 Å². The standard InChI is InChI=1S/C18H21NO2/c1-14(15-8-4-3-5-9-15)19-18(20)13-12-16-10-6-7-11-17(16)21-2/h3-11,14H,12-13H2,1-2H3,(H,19,20)/t14-/m0/s1. The zero-order chi connectivity index (χ0) is 15.1. The Morgan fingerprint density at radius 2 is 1.76 bits per heavy atom. The van der Waals surface area contributed by atoms with Crippen molar-refractivity contribution in [2.75, 3.05) is 7.11 Å². The molecule has 0 fully saturated rings. The maximum absolute atomic E-state index is 12.0. The van der Waals surface area contributed by atoms with Crippen molar-refractivity contribution in [3.63, 3.8) is 0 Å². The molecule has 2 rings (SSSR count). The van der Waals surface area contributed by atoms with E-state index in [4.69, 9.17) is 4.74 Å². The summed E-state index contributed by atoms with van der Waals surface area (Å²) in [6.07, 6.45) is 1.13. The predicted octanol–water partition coefficient (Wildman–Crippen LogP) is 3.51. The van der Waals surface area contributed by atoms with Gasteiger partial charge in [0.05, 0.1) is 13.2 Å². The summed E-state index contributed by atoms with van der Waals surface area (Å²) in [7, 11) is 1.65. The monoisotopic (exact) mass is 283 g/mol. The smallest absolute Gasteiger partial charge is 0.220 e.